The largest absolute Gasteiger partial charge is 0.343 e. The monoisotopic (exact) mass is 325 g/mol. The first kappa shape index (κ1) is 16.4. The van der Waals surface area contributed by atoms with Crippen LogP contribution in [-0.2, 0) is 14.6 Å². The average molecular weight is 325 g/mol. The van der Waals surface area contributed by atoms with E-state index in [9.17, 15) is 18.0 Å². The first-order valence-electron chi connectivity index (χ1n) is 7.11. The Kier molecular flexibility index (Phi) is 5.12. The molecule has 2 heterocycles. The van der Waals surface area contributed by atoms with Crippen molar-refractivity contribution in [3.8, 4) is 0 Å². The van der Waals surface area contributed by atoms with E-state index in [0.29, 0.717) is 18.5 Å². The summed E-state index contributed by atoms with van der Waals surface area (Å²) >= 11 is 0. The fourth-order valence-corrected chi connectivity index (χ4v) is 4.25. The number of nitrogens with zero attached hydrogens (tertiary/aromatic N) is 2. The van der Waals surface area contributed by atoms with E-state index in [1.165, 1.54) is 11.1 Å². The van der Waals surface area contributed by atoms with Gasteiger partial charge >= 0.3 is 0 Å². The lowest BCUT2D eigenvalue weighted by Crippen LogP contribution is -2.46. The molecule has 1 aromatic rings. The Labute approximate surface area is 129 Å². The summed E-state index contributed by atoms with van der Waals surface area (Å²) in [5.74, 6) is -0.537. The van der Waals surface area contributed by atoms with Crippen LogP contribution < -0.4 is 5.32 Å². The van der Waals surface area contributed by atoms with Gasteiger partial charge in [0.2, 0.25) is 5.91 Å². The van der Waals surface area contributed by atoms with Crippen molar-refractivity contribution in [1.82, 2.24) is 15.2 Å². The highest BCUT2D eigenvalue weighted by Gasteiger charge is 2.33. The standard InChI is InChI=1S/C14H19N3O4S/c1-2-17(12-5-7-22(20,21)10-12)13(18)9-16-14(19)11-4-3-6-15-8-11/h3-4,6,8,12H,2,5,7,9-10H2,1H3,(H,16,19). The van der Waals surface area contributed by atoms with Gasteiger partial charge in [-0.25, -0.2) is 8.42 Å². The van der Waals surface area contributed by atoms with Crippen molar-refractivity contribution in [3.63, 3.8) is 0 Å². The molecule has 1 N–H and O–H groups in total. The molecular weight excluding hydrogens is 306 g/mol. The molecule has 8 heteroatoms. The van der Waals surface area contributed by atoms with E-state index in [1.54, 1.807) is 25.3 Å². The summed E-state index contributed by atoms with van der Waals surface area (Å²) < 4.78 is 23.0. The number of pyridine rings is 1. The van der Waals surface area contributed by atoms with Gasteiger partial charge in [-0.05, 0) is 25.5 Å². The van der Waals surface area contributed by atoms with Gasteiger partial charge in [0, 0.05) is 25.0 Å². The lowest BCUT2D eigenvalue weighted by Gasteiger charge is -2.26. The third-order valence-corrected chi connectivity index (χ3v) is 5.38. The number of nitrogens with one attached hydrogen (secondary N) is 1. The molecule has 1 fully saturated rings. The van der Waals surface area contributed by atoms with Gasteiger partial charge in [0.05, 0.1) is 23.6 Å². The minimum Gasteiger partial charge on any atom is -0.343 e. The van der Waals surface area contributed by atoms with Crippen molar-refractivity contribution < 1.29 is 18.0 Å². The number of sulfone groups is 1. The van der Waals surface area contributed by atoms with Crippen LogP contribution >= 0.6 is 0 Å². The number of rotatable bonds is 5. The summed E-state index contributed by atoms with van der Waals surface area (Å²) in [6.45, 7) is 2.06. The molecule has 1 atom stereocenters. The van der Waals surface area contributed by atoms with Crippen molar-refractivity contribution in [2.45, 2.75) is 19.4 Å². The van der Waals surface area contributed by atoms with Crippen LogP contribution in [0.15, 0.2) is 24.5 Å². The maximum absolute atomic E-state index is 12.2. The van der Waals surface area contributed by atoms with Crippen LogP contribution in [0.1, 0.15) is 23.7 Å². The average Bonchev–Trinajstić information content (AvgIpc) is 2.86. The molecule has 1 aromatic heterocycles. The first-order chi connectivity index (χ1) is 10.4. The van der Waals surface area contributed by atoms with Crippen LogP contribution in [0.4, 0.5) is 0 Å². The molecule has 1 aliphatic rings. The third-order valence-electron chi connectivity index (χ3n) is 3.63. The van der Waals surface area contributed by atoms with Crippen molar-refractivity contribution in [2.24, 2.45) is 0 Å². The van der Waals surface area contributed by atoms with Crippen LogP contribution in [0.5, 0.6) is 0 Å². The van der Waals surface area contributed by atoms with Gasteiger partial charge in [-0.3, -0.25) is 14.6 Å². The molecule has 22 heavy (non-hydrogen) atoms. The van der Waals surface area contributed by atoms with Crippen LogP contribution in [0, 0.1) is 0 Å². The van der Waals surface area contributed by atoms with E-state index < -0.39 is 9.84 Å². The summed E-state index contributed by atoms with van der Waals surface area (Å²) in [7, 11) is -3.05. The highest BCUT2D eigenvalue weighted by molar-refractivity contribution is 7.91. The number of carbonyl (C=O) groups is 2. The van der Waals surface area contributed by atoms with E-state index in [1.807, 2.05) is 0 Å². The van der Waals surface area contributed by atoms with Gasteiger partial charge < -0.3 is 10.2 Å². The Bertz CT molecular complexity index is 645. The van der Waals surface area contributed by atoms with E-state index >= 15 is 0 Å². The maximum atomic E-state index is 12.2. The third kappa shape index (κ3) is 4.03. The van der Waals surface area contributed by atoms with Gasteiger partial charge in [-0.2, -0.15) is 0 Å². The molecule has 2 rings (SSSR count). The molecule has 0 spiro atoms. The number of aromatic nitrogens is 1. The summed E-state index contributed by atoms with van der Waals surface area (Å²) in [6.07, 6.45) is 3.43. The van der Waals surface area contributed by atoms with E-state index in [-0.39, 0.29) is 35.9 Å². The highest BCUT2D eigenvalue weighted by Crippen LogP contribution is 2.17. The molecule has 7 nitrogen and oxygen atoms in total. The molecular formula is C14H19N3O4S. The molecule has 0 radical (unpaired) electrons. The number of hydrogen-bond donors (Lipinski definition) is 1. The van der Waals surface area contributed by atoms with Crippen molar-refractivity contribution in [2.75, 3.05) is 24.6 Å². The zero-order valence-electron chi connectivity index (χ0n) is 12.4. The maximum Gasteiger partial charge on any atom is 0.253 e. The van der Waals surface area contributed by atoms with Gasteiger partial charge in [0.25, 0.3) is 5.91 Å². The Morgan fingerprint density at radius 3 is 2.77 bits per heavy atom. The zero-order valence-corrected chi connectivity index (χ0v) is 13.2. The summed E-state index contributed by atoms with van der Waals surface area (Å²) in [5.41, 5.74) is 0.377. The van der Waals surface area contributed by atoms with Crippen molar-refractivity contribution in [3.05, 3.63) is 30.1 Å². The van der Waals surface area contributed by atoms with Crippen molar-refractivity contribution in [1.29, 1.82) is 0 Å². The smallest absolute Gasteiger partial charge is 0.253 e. The Hall–Kier alpha value is -1.96. The van der Waals surface area contributed by atoms with Gasteiger partial charge in [-0.1, -0.05) is 0 Å². The van der Waals surface area contributed by atoms with Crippen molar-refractivity contribution >= 4 is 21.7 Å². The topological polar surface area (TPSA) is 96.4 Å². The van der Waals surface area contributed by atoms with E-state index in [4.69, 9.17) is 0 Å². The molecule has 2 amide bonds. The van der Waals surface area contributed by atoms with Crippen LogP contribution in [0.3, 0.4) is 0 Å². The fourth-order valence-electron chi connectivity index (χ4n) is 2.52. The number of amides is 2. The second-order valence-corrected chi connectivity index (χ2v) is 7.39. The Morgan fingerprint density at radius 2 is 2.23 bits per heavy atom. The number of likely N-dealkylation sites (N-methyl/N-ethyl adjacent to an activating group) is 1. The number of hydrogen-bond acceptors (Lipinski definition) is 5. The molecule has 0 aliphatic carbocycles. The van der Waals surface area contributed by atoms with Gasteiger partial charge in [0.15, 0.2) is 9.84 Å². The first-order valence-corrected chi connectivity index (χ1v) is 8.93. The minimum absolute atomic E-state index is 0.00311. The van der Waals surface area contributed by atoms with Crippen LogP contribution in [0.2, 0.25) is 0 Å². The zero-order chi connectivity index (χ0) is 16.2. The molecule has 0 saturated carbocycles. The Morgan fingerprint density at radius 1 is 1.45 bits per heavy atom. The lowest BCUT2D eigenvalue weighted by atomic mass is 10.2. The summed E-state index contributed by atoms with van der Waals surface area (Å²) in [6, 6.07) is 2.95. The number of carbonyl (C=O) groups excluding carboxylic acids is 2. The van der Waals surface area contributed by atoms with E-state index in [0.717, 1.165) is 0 Å². The van der Waals surface area contributed by atoms with E-state index in [2.05, 4.69) is 10.3 Å². The summed E-state index contributed by atoms with van der Waals surface area (Å²) in [4.78, 5) is 29.4. The SMILES string of the molecule is CCN(C(=O)CNC(=O)c1cccnc1)C1CCS(=O)(=O)C1. The normalized spacial score (nSPS) is 19.6. The molecule has 0 bridgehead atoms. The molecule has 0 aromatic carbocycles. The molecule has 120 valence electrons. The second-order valence-electron chi connectivity index (χ2n) is 5.16. The Balaban J connectivity index is 1.92. The van der Waals surface area contributed by atoms with Crippen LogP contribution in [-0.4, -0.2) is 60.8 Å². The molecule has 1 aliphatic heterocycles. The van der Waals surface area contributed by atoms with Gasteiger partial charge in [-0.15, -0.1) is 0 Å². The van der Waals surface area contributed by atoms with Crippen LogP contribution in [0.25, 0.3) is 0 Å². The fraction of sp³-hybridized carbons (Fsp3) is 0.500. The quantitative estimate of drug-likeness (QED) is 0.812. The highest BCUT2D eigenvalue weighted by atomic mass is 32.2. The summed E-state index contributed by atoms with van der Waals surface area (Å²) in [5, 5.41) is 2.54. The molecule has 1 unspecified atom stereocenters. The lowest BCUT2D eigenvalue weighted by molar-refractivity contribution is -0.131. The molecule has 1 saturated heterocycles. The predicted molar refractivity (Wildman–Crippen MR) is 81.0 cm³/mol. The minimum atomic E-state index is -3.05. The predicted octanol–water partition coefficient (Wildman–Crippen LogP) is -0.153. The van der Waals surface area contributed by atoms with Gasteiger partial charge in [0.1, 0.15) is 0 Å². The second kappa shape index (κ2) is 6.87.